The fourth-order valence-corrected chi connectivity index (χ4v) is 3.21. The Morgan fingerprint density at radius 3 is 2.03 bits per heavy atom. The van der Waals surface area contributed by atoms with Gasteiger partial charge in [-0.2, -0.15) is 0 Å². The van der Waals surface area contributed by atoms with Crippen LogP contribution in [0, 0.1) is 5.92 Å². The van der Waals surface area contributed by atoms with E-state index < -0.39 is 0 Å². The summed E-state index contributed by atoms with van der Waals surface area (Å²) in [5.74, 6) is 0.890. The highest BCUT2D eigenvalue weighted by atomic mass is 16.5. The summed E-state index contributed by atoms with van der Waals surface area (Å²) >= 11 is 0. The molecule has 0 N–H and O–H groups in total. The van der Waals surface area contributed by atoms with Crippen molar-refractivity contribution < 1.29 is 9.53 Å². The highest BCUT2D eigenvalue weighted by Gasteiger charge is 2.10. The van der Waals surface area contributed by atoms with Crippen molar-refractivity contribution in [3.63, 3.8) is 0 Å². The SMILES string of the molecule is CCc1ccc(-c2ccc(-c3ncc(C(=O)OCCC[C@H](C)CC)cn3)cc2)cc1. The standard InChI is InChI=1S/C26H30N2O2/c1-4-19(3)7-6-16-30-26(29)24-17-27-25(28-18-24)23-14-12-22(13-15-23)21-10-8-20(5-2)9-11-21/h8-15,17-19H,4-7,16H2,1-3H3/t19-/m1/s1. The zero-order chi connectivity index (χ0) is 21.3. The van der Waals surface area contributed by atoms with Gasteiger partial charge in [0.15, 0.2) is 5.82 Å². The third-order valence-corrected chi connectivity index (χ3v) is 5.50. The summed E-state index contributed by atoms with van der Waals surface area (Å²) < 4.78 is 5.33. The molecular weight excluding hydrogens is 372 g/mol. The number of ether oxygens (including phenoxy) is 1. The summed E-state index contributed by atoms with van der Waals surface area (Å²) in [7, 11) is 0. The molecular formula is C26H30N2O2. The first-order chi connectivity index (χ1) is 14.6. The summed E-state index contributed by atoms with van der Waals surface area (Å²) in [4.78, 5) is 20.9. The van der Waals surface area contributed by atoms with Crippen LogP contribution in [0.4, 0.5) is 0 Å². The average molecular weight is 403 g/mol. The van der Waals surface area contributed by atoms with Crippen LogP contribution in [0.15, 0.2) is 60.9 Å². The fraction of sp³-hybridized carbons (Fsp3) is 0.346. The lowest BCUT2D eigenvalue weighted by Gasteiger charge is -2.08. The predicted molar refractivity (Wildman–Crippen MR) is 121 cm³/mol. The molecule has 1 atom stereocenters. The van der Waals surface area contributed by atoms with E-state index >= 15 is 0 Å². The maximum Gasteiger partial charge on any atom is 0.341 e. The Labute approximate surface area is 179 Å². The first-order valence-corrected chi connectivity index (χ1v) is 10.8. The molecule has 4 nitrogen and oxygen atoms in total. The minimum Gasteiger partial charge on any atom is -0.462 e. The van der Waals surface area contributed by atoms with E-state index in [2.05, 4.69) is 67.1 Å². The second-order valence-corrected chi connectivity index (χ2v) is 7.71. The Kier molecular flexibility index (Phi) is 7.72. The van der Waals surface area contributed by atoms with Gasteiger partial charge in [-0.1, -0.05) is 75.7 Å². The first kappa shape index (κ1) is 21.7. The first-order valence-electron chi connectivity index (χ1n) is 10.8. The van der Waals surface area contributed by atoms with Crippen molar-refractivity contribution in [2.75, 3.05) is 6.61 Å². The van der Waals surface area contributed by atoms with Gasteiger partial charge in [-0.3, -0.25) is 0 Å². The second-order valence-electron chi connectivity index (χ2n) is 7.71. The van der Waals surface area contributed by atoms with E-state index in [1.165, 1.54) is 23.5 Å². The number of rotatable bonds is 9. The molecule has 0 aliphatic carbocycles. The van der Waals surface area contributed by atoms with E-state index in [0.717, 1.165) is 36.8 Å². The molecule has 0 radical (unpaired) electrons. The normalized spacial score (nSPS) is 11.8. The fourth-order valence-electron chi connectivity index (χ4n) is 3.21. The van der Waals surface area contributed by atoms with Crippen LogP contribution in [0.3, 0.4) is 0 Å². The van der Waals surface area contributed by atoms with Crippen LogP contribution >= 0.6 is 0 Å². The summed E-state index contributed by atoms with van der Waals surface area (Å²) in [6.45, 7) is 6.98. The Hall–Kier alpha value is -3.01. The molecule has 1 aromatic heterocycles. The van der Waals surface area contributed by atoms with Gasteiger partial charge in [0, 0.05) is 18.0 Å². The summed E-state index contributed by atoms with van der Waals surface area (Å²) in [5.41, 5.74) is 4.97. The molecule has 1 heterocycles. The van der Waals surface area contributed by atoms with Crippen molar-refractivity contribution >= 4 is 5.97 Å². The Morgan fingerprint density at radius 1 is 0.900 bits per heavy atom. The van der Waals surface area contributed by atoms with Crippen LogP contribution in [-0.2, 0) is 11.2 Å². The molecule has 0 unspecified atom stereocenters. The lowest BCUT2D eigenvalue weighted by atomic mass is 10.0. The van der Waals surface area contributed by atoms with E-state index in [1.807, 2.05) is 12.1 Å². The van der Waals surface area contributed by atoms with Crippen molar-refractivity contribution in [2.45, 2.75) is 46.5 Å². The minimum absolute atomic E-state index is 0.364. The van der Waals surface area contributed by atoms with E-state index in [1.54, 1.807) is 0 Å². The molecule has 0 amide bonds. The van der Waals surface area contributed by atoms with Crippen LogP contribution in [-0.4, -0.2) is 22.5 Å². The van der Waals surface area contributed by atoms with Gasteiger partial charge < -0.3 is 4.74 Å². The number of carbonyl (C=O) groups excluding carboxylic acids is 1. The molecule has 0 aliphatic rings. The molecule has 0 saturated heterocycles. The van der Waals surface area contributed by atoms with Crippen molar-refractivity contribution in [3.8, 4) is 22.5 Å². The van der Waals surface area contributed by atoms with E-state index in [9.17, 15) is 4.79 Å². The summed E-state index contributed by atoms with van der Waals surface area (Å²) in [6, 6.07) is 16.8. The number of nitrogens with zero attached hydrogens (tertiary/aromatic N) is 2. The topological polar surface area (TPSA) is 52.1 Å². The van der Waals surface area contributed by atoms with Gasteiger partial charge in [0.2, 0.25) is 0 Å². The van der Waals surface area contributed by atoms with Gasteiger partial charge in [-0.25, -0.2) is 14.8 Å². The molecule has 2 aromatic carbocycles. The predicted octanol–water partition coefficient (Wildman–Crippen LogP) is 6.36. The van der Waals surface area contributed by atoms with Gasteiger partial charge in [0.25, 0.3) is 0 Å². The minimum atomic E-state index is -0.364. The number of hydrogen-bond acceptors (Lipinski definition) is 4. The number of esters is 1. The largest absolute Gasteiger partial charge is 0.462 e. The summed E-state index contributed by atoms with van der Waals surface area (Å²) in [5, 5.41) is 0. The smallest absolute Gasteiger partial charge is 0.341 e. The molecule has 30 heavy (non-hydrogen) atoms. The maximum absolute atomic E-state index is 12.2. The maximum atomic E-state index is 12.2. The molecule has 3 aromatic rings. The van der Waals surface area contributed by atoms with Gasteiger partial charge in [0.1, 0.15) is 0 Å². The highest BCUT2D eigenvalue weighted by Crippen LogP contribution is 2.23. The van der Waals surface area contributed by atoms with Crippen molar-refractivity contribution in [1.29, 1.82) is 0 Å². The third kappa shape index (κ3) is 5.76. The zero-order valence-corrected chi connectivity index (χ0v) is 18.1. The Bertz CT molecular complexity index is 932. The molecule has 0 bridgehead atoms. The Morgan fingerprint density at radius 2 is 1.47 bits per heavy atom. The lowest BCUT2D eigenvalue weighted by Crippen LogP contribution is -2.08. The lowest BCUT2D eigenvalue weighted by molar-refractivity contribution is 0.0493. The molecule has 4 heteroatoms. The average Bonchev–Trinajstić information content (AvgIpc) is 2.81. The van der Waals surface area contributed by atoms with Crippen molar-refractivity contribution in [1.82, 2.24) is 9.97 Å². The quantitative estimate of drug-likeness (QED) is 0.309. The molecule has 0 fully saturated rings. The summed E-state index contributed by atoms with van der Waals surface area (Å²) in [6.07, 6.45) is 7.21. The van der Waals surface area contributed by atoms with Crippen molar-refractivity contribution in [3.05, 3.63) is 72.1 Å². The van der Waals surface area contributed by atoms with Gasteiger partial charge >= 0.3 is 5.97 Å². The molecule has 0 aliphatic heterocycles. The van der Waals surface area contributed by atoms with Gasteiger partial charge in [-0.05, 0) is 41.9 Å². The zero-order valence-electron chi connectivity index (χ0n) is 18.1. The third-order valence-electron chi connectivity index (χ3n) is 5.50. The van der Waals surface area contributed by atoms with E-state index in [-0.39, 0.29) is 5.97 Å². The van der Waals surface area contributed by atoms with E-state index in [4.69, 9.17) is 4.74 Å². The molecule has 0 saturated carbocycles. The molecule has 0 spiro atoms. The van der Waals surface area contributed by atoms with Gasteiger partial charge in [-0.15, -0.1) is 0 Å². The Balaban J connectivity index is 1.59. The number of hydrogen-bond donors (Lipinski definition) is 0. The van der Waals surface area contributed by atoms with Crippen LogP contribution in [0.2, 0.25) is 0 Å². The highest BCUT2D eigenvalue weighted by molar-refractivity contribution is 5.88. The van der Waals surface area contributed by atoms with Crippen LogP contribution in [0.25, 0.3) is 22.5 Å². The van der Waals surface area contributed by atoms with Crippen molar-refractivity contribution in [2.24, 2.45) is 5.92 Å². The number of aryl methyl sites for hydroxylation is 1. The molecule has 3 rings (SSSR count). The van der Waals surface area contributed by atoms with Gasteiger partial charge in [0.05, 0.1) is 12.2 Å². The van der Waals surface area contributed by atoms with E-state index in [0.29, 0.717) is 23.9 Å². The second kappa shape index (κ2) is 10.7. The van der Waals surface area contributed by atoms with Crippen LogP contribution < -0.4 is 0 Å². The van der Waals surface area contributed by atoms with Crippen LogP contribution in [0.1, 0.15) is 56.0 Å². The number of aromatic nitrogens is 2. The molecule has 156 valence electrons. The number of benzene rings is 2. The number of carbonyl (C=O) groups is 1. The monoisotopic (exact) mass is 402 g/mol. The van der Waals surface area contributed by atoms with Crippen LogP contribution in [0.5, 0.6) is 0 Å².